The fourth-order valence-corrected chi connectivity index (χ4v) is 2.69. The third kappa shape index (κ3) is 2.63. The van der Waals surface area contributed by atoms with Crippen molar-refractivity contribution in [3.05, 3.63) is 35.9 Å². The summed E-state index contributed by atoms with van der Waals surface area (Å²) >= 11 is 0. The molecule has 0 saturated heterocycles. The second kappa shape index (κ2) is 5.15. The molecular weight excluding hydrogens is 200 g/mol. The summed E-state index contributed by atoms with van der Waals surface area (Å²) < 4.78 is 0. The molecule has 1 aromatic carbocycles. The van der Waals surface area contributed by atoms with Crippen LogP contribution in [0.3, 0.4) is 0 Å². The molecule has 0 amide bonds. The average molecular weight is 218 g/mol. The highest BCUT2D eigenvalue weighted by atomic mass is 16.4. The number of carbonyl (C=O) groups is 1. The largest absolute Gasteiger partial charge is 0.481 e. The van der Waals surface area contributed by atoms with E-state index in [-0.39, 0.29) is 5.92 Å². The highest BCUT2D eigenvalue weighted by Crippen LogP contribution is 2.32. The third-order valence-corrected chi connectivity index (χ3v) is 3.57. The highest BCUT2D eigenvalue weighted by molar-refractivity contribution is 5.70. The van der Waals surface area contributed by atoms with Crippen molar-refractivity contribution in [3.8, 4) is 0 Å². The van der Waals surface area contributed by atoms with E-state index in [0.29, 0.717) is 5.92 Å². The van der Waals surface area contributed by atoms with Gasteiger partial charge in [0.25, 0.3) is 0 Å². The predicted molar refractivity (Wildman–Crippen MR) is 63.2 cm³/mol. The predicted octanol–water partition coefficient (Wildman–Crippen LogP) is 3.12. The van der Waals surface area contributed by atoms with Crippen molar-refractivity contribution >= 4 is 5.97 Å². The van der Waals surface area contributed by atoms with Gasteiger partial charge in [-0.2, -0.15) is 0 Å². The molecule has 0 radical (unpaired) electrons. The van der Waals surface area contributed by atoms with Gasteiger partial charge in [0.05, 0.1) is 5.92 Å². The van der Waals surface area contributed by atoms with E-state index in [1.165, 1.54) is 12.0 Å². The van der Waals surface area contributed by atoms with Gasteiger partial charge in [0, 0.05) is 0 Å². The minimum atomic E-state index is -0.611. The van der Waals surface area contributed by atoms with Crippen LogP contribution in [-0.2, 0) is 11.2 Å². The summed E-state index contributed by atoms with van der Waals surface area (Å²) in [6, 6.07) is 10.2. The Morgan fingerprint density at radius 2 is 1.88 bits per heavy atom. The Hall–Kier alpha value is -1.31. The maximum atomic E-state index is 11.2. The molecule has 1 saturated carbocycles. The molecule has 1 N–H and O–H groups in total. The molecule has 0 aromatic heterocycles. The second-order valence-corrected chi connectivity index (χ2v) is 4.68. The summed E-state index contributed by atoms with van der Waals surface area (Å²) in [5.41, 5.74) is 1.26. The molecular formula is C14H18O2. The summed E-state index contributed by atoms with van der Waals surface area (Å²) in [5, 5.41) is 9.19. The van der Waals surface area contributed by atoms with Crippen molar-refractivity contribution in [2.45, 2.75) is 32.1 Å². The molecule has 1 aromatic rings. The van der Waals surface area contributed by atoms with Crippen LogP contribution in [0.15, 0.2) is 30.3 Å². The number of hydrogen-bond acceptors (Lipinski definition) is 1. The fourth-order valence-electron chi connectivity index (χ4n) is 2.69. The summed E-state index contributed by atoms with van der Waals surface area (Å²) in [4.78, 5) is 11.2. The molecule has 0 bridgehead atoms. The number of carboxylic acid groups (broad SMARTS) is 1. The van der Waals surface area contributed by atoms with Crippen LogP contribution in [0.2, 0.25) is 0 Å². The molecule has 86 valence electrons. The molecule has 16 heavy (non-hydrogen) atoms. The summed E-state index contributed by atoms with van der Waals surface area (Å²) in [6.07, 6.45) is 5.08. The van der Waals surface area contributed by atoms with E-state index in [1.54, 1.807) is 0 Å². The summed E-state index contributed by atoms with van der Waals surface area (Å²) in [7, 11) is 0. The topological polar surface area (TPSA) is 37.3 Å². The van der Waals surface area contributed by atoms with Crippen LogP contribution in [0.4, 0.5) is 0 Å². The Labute approximate surface area is 96.3 Å². The smallest absolute Gasteiger partial charge is 0.306 e. The normalized spacial score (nSPS) is 25.2. The van der Waals surface area contributed by atoms with E-state index in [2.05, 4.69) is 12.1 Å². The van der Waals surface area contributed by atoms with Crippen molar-refractivity contribution in [3.63, 3.8) is 0 Å². The lowest BCUT2D eigenvalue weighted by Gasteiger charge is -2.28. The van der Waals surface area contributed by atoms with E-state index in [4.69, 9.17) is 0 Å². The Balaban J connectivity index is 2.04. The van der Waals surface area contributed by atoms with Gasteiger partial charge in [-0.15, -0.1) is 0 Å². The van der Waals surface area contributed by atoms with Gasteiger partial charge in [-0.25, -0.2) is 0 Å². The van der Waals surface area contributed by atoms with Gasteiger partial charge in [-0.1, -0.05) is 43.2 Å². The average Bonchev–Trinajstić information content (AvgIpc) is 2.31. The van der Waals surface area contributed by atoms with Crippen LogP contribution in [0.5, 0.6) is 0 Å². The molecule has 2 unspecified atom stereocenters. The van der Waals surface area contributed by atoms with Gasteiger partial charge in [-0.3, -0.25) is 4.79 Å². The van der Waals surface area contributed by atoms with Gasteiger partial charge in [0.1, 0.15) is 0 Å². The minimum absolute atomic E-state index is 0.131. The van der Waals surface area contributed by atoms with Gasteiger partial charge < -0.3 is 5.11 Å². The van der Waals surface area contributed by atoms with Crippen LogP contribution in [-0.4, -0.2) is 11.1 Å². The zero-order valence-corrected chi connectivity index (χ0v) is 9.43. The van der Waals surface area contributed by atoms with Gasteiger partial charge in [0.2, 0.25) is 0 Å². The zero-order chi connectivity index (χ0) is 11.4. The third-order valence-electron chi connectivity index (χ3n) is 3.57. The van der Waals surface area contributed by atoms with E-state index in [9.17, 15) is 9.90 Å². The van der Waals surface area contributed by atoms with Crippen molar-refractivity contribution < 1.29 is 9.90 Å². The van der Waals surface area contributed by atoms with Crippen molar-refractivity contribution in [2.24, 2.45) is 11.8 Å². The molecule has 2 rings (SSSR count). The SMILES string of the molecule is O=C(O)C1CCCCC1Cc1ccccc1. The number of hydrogen-bond donors (Lipinski definition) is 1. The number of benzene rings is 1. The molecule has 2 atom stereocenters. The van der Waals surface area contributed by atoms with Gasteiger partial charge in [0.15, 0.2) is 0 Å². The molecule has 0 heterocycles. The molecule has 0 aliphatic heterocycles. The lowest BCUT2D eigenvalue weighted by molar-refractivity contribution is -0.144. The Kier molecular flexibility index (Phi) is 3.60. The lowest BCUT2D eigenvalue weighted by Crippen LogP contribution is -2.28. The van der Waals surface area contributed by atoms with Crippen LogP contribution >= 0.6 is 0 Å². The maximum absolute atomic E-state index is 11.2. The molecule has 1 fully saturated rings. The van der Waals surface area contributed by atoms with Crippen molar-refractivity contribution in [1.29, 1.82) is 0 Å². The quantitative estimate of drug-likeness (QED) is 0.846. The Bertz CT molecular complexity index is 345. The highest BCUT2D eigenvalue weighted by Gasteiger charge is 2.30. The first-order chi connectivity index (χ1) is 7.77. The van der Waals surface area contributed by atoms with Crippen molar-refractivity contribution in [1.82, 2.24) is 0 Å². The van der Waals surface area contributed by atoms with Gasteiger partial charge in [-0.05, 0) is 30.7 Å². The lowest BCUT2D eigenvalue weighted by atomic mass is 9.76. The first kappa shape index (κ1) is 11.2. The number of rotatable bonds is 3. The Morgan fingerprint density at radius 1 is 1.19 bits per heavy atom. The fraction of sp³-hybridized carbons (Fsp3) is 0.500. The summed E-state index contributed by atoms with van der Waals surface area (Å²) in [5.74, 6) is -0.414. The first-order valence-corrected chi connectivity index (χ1v) is 6.04. The van der Waals surface area contributed by atoms with Crippen LogP contribution in [0.25, 0.3) is 0 Å². The molecule has 1 aliphatic carbocycles. The monoisotopic (exact) mass is 218 g/mol. The van der Waals surface area contributed by atoms with Crippen LogP contribution < -0.4 is 0 Å². The van der Waals surface area contributed by atoms with Crippen LogP contribution in [0, 0.1) is 11.8 Å². The maximum Gasteiger partial charge on any atom is 0.306 e. The number of carboxylic acids is 1. The van der Waals surface area contributed by atoms with E-state index in [1.807, 2.05) is 18.2 Å². The minimum Gasteiger partial charge on any atom is -0.481 e. The molecule has 1 aliphatic rings. The van der Waals surface area contributed by atoms with E-state index < -0.39 is 5.97 Å². The van der Waals surface area contributed by atoms with Crippen LogP contribution in [0.1, 0.15) is 31.2 Å². The molecule has 0 spiro atoms. The Morgan fingerprint density at radius 3 is 2.56 bits per heavy atom. The zero-order valence-electron chi connectivity index (χ0n) is 9.43. The molecule has 2 nitrogen and oxygen atoms in total. The standard InChI is InChI=1S/C14H18O2/c15-14(16)13-9-5-4-8-12(13)10-11-6-2-1-3-7-11/h1-3,6-7,12-13H,4-5,8-10H2,(H,15,16). The van der Waals surface area contributed by atoms with E-state index in [0.717, 1.165) is 25.7 Å². The molecule has 2 heteroatoms. The van der Waals surface area contributed by atoms with Crippen molar-refractivity contribution in [2.75, 3.05) is 0 Å². The second-order valence-electron chi connectivity index (χ2n) is 4.68. The summed E-state index contributed by atoms with van der Waals surface area (Å²) in [6.45, 7) is 0. The first-order valence-electron chi connectivity index (χ1n) is 6.04. The van der Waals surface area contributed by atoms with Gasteiger partial charge >= 0.3 is 5.97 Å². The van der Waals surface area contributed by atoms with E-state index >= 15 is 0 Å². The number of aliphatic carboxylic acids is 1.